The van der Waals surface area contributed by atoms with E-state index in [2.05, 4.69) is 114 Å². The molecule has 3 aromatic rings. The van der Waals surface area contributed by atoms with Gasteiger partial charge in [-0.05, 0) is 94.0 Å². The van der Waals surface area contributed by atoms with Crippen LogP contribution in [0.15, 0.2) is 72.8 Å². The largest absolute Gasteiger partial charge is 0.380 e. The predicted molar refractivity (Wildman–Crippen MR) is 157 cm³/mol. The number of aryl methyl sites for hydroxylation is 1. The van der Waals surface area contributed by atoms with E-state index in [0.717, 1.165) is 30.5 Å². The van der Waals surface area contributed by atoms with Crippen molar-refractivity contribution in [2.24, 2.45) is 0 Å². The van der Waals surface area contributed by atoms with Gasteiger partial charge >= 0.3 is 0 Å². The zero-order chi connectivity index (χ0) is 26.6. The van der Waals surface area contributed by atoms with Gasteiger partial charge in [0.25, 0.3) is 5.91 Å². The summed E-state index contributed by atoms with van der Waals surface area (Å²) in [5.74, 6) is 0.0476. The SMILES string of the molecule is CCCc1ccc(C(=O)N2c3cccc(C4(C)CC(C)(C)Nc5ccccc54)c3C(C)=CC2(C)C)cc1. The third kappa shape index (κ3) is 4.29. The number of carbonyl (C=O) groups is 1. The lowest BCUT2D eigenvalue weighted by atomic mass is 9.64. The fraction of sp³-hybridized carbons (Fsp3) is 0.382. The van der Waals surface area contributed by atoms with E-state index in [9.17, 15) is 4.79 Å². The molecule has 2 heterocycles. The minimum Gasteiger partial charge on any atom is -0.380 e. The lowest BCUT2D eigenvalue weighted by molar-refractivity contribution is 0.0970. The Morgan fingerprint density at radius 1 is 0.892 bits per heavy atom. The first kappa shape index (κ1) is 25.3. The van der Waals surface area contributed by atoms with Crippen molar-refractivity contribution in [2.45, 2.75) is 84.2 Å². The molecule has 3 nitrogen and oxygen atoms in total. The summed E-state index contributed by atoms with van der Waals surface area (Å²) in [6.07, 6.45) is 5.35. The molecular formula is C34H40N2O. The zero-order valence-corrected chi connectivity index (χ0v) is 23.4. The second kappa shape index (κ2) is 8.90. The molecule has 0 radical (unpaired) electrons. The standard InChI is InChI=1S/C34H40N2O/c1-8-12-24-17-19-25(20-18-24)31(37)36-29-16-11-14-27(30(29)23(2)21-33(36,5)6)34(7)22-32(3,4)35-28-15-10-9-13-26(28)34/h9-11,13-21,35H,8,12,22H2,1-7H3. The average Bonchev–Trinajstić information content (AvgIpc) is 2.83. The maximum absolute atomic E-state index is 14.1. The molecule has 0 spiro atoms. The number of amides is 1. The summed E-state index contributed by atoms with van der Waals surface area (Å²) in [7, 11) is 0. The first-order chi connectivity index (χ1) is 17.5. The number of benzene rings is 3. The third-order valence-electron chi connectivity index (χ3n) is 8.15. The highest BCUT2D eigenvalue weighted by molar-refractivity contribution is 6.10. The molecule has 0 saturated carbocycles. The molecule has 1 amide bonds. The Kier molecular flexibility index (Phi) is 6.09. The Labute approximate surface area is 222 Å². The maximum Gasteiger partial charge on any atom is 0.259 e. The second-order valence-corrected chi connectivity index (χ2v) is 12.3. The van der Waals surface area contributed by atoms with Crippen LogP contribution in [-0.4, -0.2) is 17.0 Å². The minimum absolute atomic E-state index is 0.0476. The summed E-state index contributed by atoms with van der Waals surface area (Å²) in [5, 5.41) is 3.75. The molecule has 192 valence electrons. The summed E-state index contributed by atoms with van der Waals surface area (Å²) in [4.78, 5) is 16.1. The molecule has 0 aromatic heterocycles. The van der Waals surface area contributed by atoms with Crippen molar-refractivity contribution >= 4 is 22.9 Å². The Morgan fingerprint density at radius 3 is 2.27 bits per heavy atom. The van der Waals surface area contributed by atoms with Crippen molar-refractivity contribution in [1.29, 1.82) is 0 Å². The molecule has 2 aliphatic heterocycles. The van der Waals surface area contributed by atoms with Crippen LogP contribution in [0.5, 0.6) is 0 Å². The van der Waals surface area contributed by atoms with Gasteiger partial charge < -0.3 is 5.32 Å². The van der Waals surface area contributed by atoms with Gasteiger partial charge in [-0.2, -0.15) is 0 Å². The number of allylic oxidation sites excluding steroid dienone is 1. The molecule has 0 bridgehead atoms. The summed E-state index contributed by atoms with van der Waals surface area (Å²) < 4.78 is 0. The normalized spacial score (nSPS) is 21.4. The Hall–Kier alpha value is -3.33. The summed E-state index contributed by atoms with van der Waals surface area (Å²) in [6, 6.07) is 23.4. The van der Waals surface area contributed by atoms with Crippen molar-refractivity contribution in [3.63, 3.8) is 0 Å². The molecule has 0 saturated heterocycles. The molecular weight excluding hydrogens is 452 g/mol. The van der Waals surface area contributed by atoms with Crippen molar-refractivity contribution < 1.29 is 4.79 Å². The minimum atomic E-state index is -0.443. The van der Waals surface area contributed by atoms with Crippen LogP contribution in [0.3, 0.4) is 0 Å². The number of rotatable bonds is 4. The van der Waals surface area contributed by atoms with Gasteiger partial charge in [-0.3, -0.25) is 9.69 Å². The highest BCUT2D eigenvalue weighted by Crippen LogP contribution is 2.52. The monoisotopic (exact) mass is 492 g/mol. The predicted octanol–water partition coefficient (Wildman–Crippen LogP) is 8.38. The van der Waals surface area contributed by atoms with Crippen molar-refractivity contribution in [3.05, 3.63) is 101 Å². The molecule has 1 atom stereocenters. The maximum atomic E-state index is 14.1. The van der Waals surface area contributed by atoms with E-state index in [4.69, 9.17) is 0 Å². The van der Waals surface area contributed by atoms with E-state index in [1.54, 1.807) is 0 Å². The van der Waals surface area contributed by atoms with Crippen LogP contribution < -0.4 is 10.2 Å². The van der Waals surface area contributed by atoms with E-state index in [1.807, 2.05) is 17.0 Å². The number of fused-ring (bicyclic) bond motifs is 2. The van der Waals surface area contributed by atoms with E-state index < -0.39 is 5.54 Å². The number of para-hydroxylation sites is 1. The van der Waals surface area contributed by atoms with Gasteiger partial charge in [-0.15, -0.1) is 0 Å². The molecule has 3 aromatic carbocycles. The highest BCUT2D eigenvalue weighted by atomic mass is 16.2. The molecule has 3 heteroatoms. The van der Waals surface area contributed by atoms with Crippen LogP contribution in [0.1, 0.15) is 93.9 Å². The molecule has 37 heavy (non-hydrogen) atoms. The number of hydrogen-bond acceptors (Lipinski definition) is 2. The first-order valence-electron chi connectivity index (χ1n) is 13.6. The van der Waals surface area contributed by atoms with Gasteiger partial charge in [-0.1, -0.05) is 68.8 Å². The van der Waals surface area contributed by atoms with Crippen molar-refractivity contribution in [1.82, 2.24) is 0 Å². The van der Waals surface area contributed by atoms with Gasteiger partial charge in [0.1, 0.15) is 0 Å². The Morgan fingerprint density at radius 2 is 1.57 bits per heavy atom. The topological polar surface area (TPSA) is 32.3 Å². The van der Waals surface area contributed by atoms with Gasteiger partial charge in [0, 0.05) is 27.8 Å². The number of nitrogens with one attached hydrogen (secondary N) is 1. The van der Waals surface area contributed by atoms with Gasteiger partial charge in [-0.25, -0.2) is 0 Å². The quantitative estimate of drug-likeness (QED) is 0.397. The van der Waals surface area contributed by atoms with Gasteiger partial charge in [0.05, 0.1) is 11.2 Å². The Balaban J connectivity index is 1.68. The number of carbonyl (C=O) groups excluding carboxylic acids is 1. The van der Waals surface area contributed by atoms with Crippen molar-refractivity contribution in [2.75, 3.05) is 10.2 Å². The van der Waals surface area contributed by atoms with Gasteiger partial charge in [0.2, 0.25) is 0 Å². The summed E-state index contributed by atoms with van der Waals surface area (Å²) in [5.41, 5.74) is 8.50. The fourth-order valence-electron chi connectivity index (χ4n) is 6.88. The number of anilines is 2. The van der Waals surface area contributed by atoms with Crippen LogP contribution >= 0.6 is 0 Å². The zero-order valence-electron chi connectivity index (χ0n) is 23.4. The molecule has 2 aliphatic rings. The van der Waals surface area contributed by atoms with E-state index >= 15 is 0 Å². The molecule has 0 aliphatic carbocycles. The number of hydrogen-bond donors (Lipinski definition) is 1. The van der Waals surface area contributed by atoms with Crippen LogP contribution in [0.25, 0.3) is 5.57 Å². The van der Waals surface area contributed by atoms with Gasteiger partial charge in [0.15, 0.2) is 0 Å². The van der Waals surface area contributed by atoms with Crippen LogP contribution in [0, 0.1) is 0 Å². The Bertz CT molecular complexity index is 1380. The lowest BCUT2D eigenvalue weighted by Crippen LogP contribution is -2.50. The highest BCUT2D eigenvalue weighted by Gasteiger charge is 2.45. The van der Waals surface area contributed by atoms with E-state index in [1.165, 1.54) is 33.5 Å². The van der Waals surface area contributed by atoms with Crippen LogP contribution in [0.4, 0.5) is 11.4 Å². The molecule has 1 N–H and O–H groups in total. The molecule has 1 unspecified atom stereocenters. The van der Waals surface area contributed by atoms with Crippen molar-refractivity contribution in [3.8, 4) is 0 Å². The smallest absolute Gasteiger partial charge is 0.259 e. The lowest BCUT2D eigenvalue weighted by Gasteiger charge is -2.48. The van der Waals surface area contributed by atoms with E-state index in [0.29, 0.717) is 0 Å². The molecule has 5 rings (SSSR count). The average molecular weight is 493 g/mol. The summed E-state index contributed by atoms with van der Waals surface area (Å²) in [6.45, 7) is 15.6. The fourth-order valence-corrected chi connectivity index (χ4v) is 6.88. The second-order valence-electron chi connectivity index (χ2n) is 12.3. The van der Waals surface area contributed by atoms with E-state index in [-0.39, 0.29) is 16.9 Å². The number of nitrogens with zero attached hydrogens (tertiary/aromatic N) is 1. The third-order valence-corrected chi connectivity index (χ3v) is 8.15. The molecule has 0 fully saturated rings. The van der Waals surface area contributed by atoms with Crippen LogP contribution in [0.2, 0.25) is 0 Å². The van der Waals surface area contributed by atoms with Crippen LogP contribution in [-0.2, 0) is 11.8 Å². The first-order valence-corrected chi connectivity index (χ1v) is 13.6. The summed E-state index contributed by atoms with van der Waals surface area (Å²) >= 11 is 0.